The molecular weight excluding hydrogens is 406 g/mol. The Morgan fingerprint density at radius 1 is 1.24 bits per heavy atom. The highest BCUT2D eigenvalue weighted by Crippen LogP contribution is 2.28. The van der Waals surface area contributed by atoms with Crippen LogP contribution >= 0.6 is 11.6 Å². The Balaban J connectivity index is 1.68. The molecule has 3 aromatic rings. The molecule has 1 aromatic carbocycles. The molecule has 1 fully saturated rings. The van der Waals surface area contributed by atoms with Crippen molar-refractivity contribution in [2.75, 3.05) is 31.6 Å². The van der Waals surface area contributed by atoms with E-state index >= 15 is 4.39 Å². The van der Waals surface area contributed by atoms with E-state index < -0.39 is 29.0 Å². The van der Waals surface area contributed by atoms with E-state index in [1.54, 1.807) is 0 Å². The number of nitrogens with zero attached hydrogens (tertiary/aromatic N) is 2. The number of hydrogen-bond acceptors (Lipinski definition) is 4. The predicted octanol–water partition coefficient (Wildman–Crippen LogP) is 3.59. The second kappa shape index (κ2) is 7.76. The summed E-state index contributed by atoms with van der Waals surface area (Å²) in [6, 6.07) is 2.94. The first-order valence-electron chi connectivity index (χ1n) is 8.74. The van der Waals surface area contributed by atoms with E-state index in [0.29, 0.717) is 37.3 Å². The zero-order valence-corrected chi connectivity index (χ0v) is 15.7. The molecule has 0 radical (unpaired) electrons. The summed E-state index contributed by atoms with van der Waals surface area (Å²) in [5.74, 6) is -3.08. The van der Waals surface area contributed by atoms with E-state index in [2.05, 4.69) is 15.3 Å². The summed E-state index contributed by atoms with van der Waals surface area (Å²) in [6.07, 6.45) is 2.70. The van der Waals surface area contributed by atoms with E-state index in [-0.39, 0.29) is 16.3 Å². The van der Waals surface area contributed by atoms with Gasteiger partial charge in [0.1, 0.15) is 11.5 Å². The minimum atomic E-state index is -1.15. The maximum absolute atomic E-state index is 15.0. The molecule has 7 nitrogen and oxygen atoms in total. The molecule has 1 saturated heterocycles. The van der Waals surface area contributed by atoms with Crippen molar-refractivity contribution < 1.29 is 23.1 Å². The quantitative estimate of drug-likeness (QED) is 0.634. The molecule has 10 heteroatoms. The molecule has 2 N–H and O–H groups in total. The number of halogens is 3. The summed E-state index contributed by atoms with van der Waals surface area (Å²) >= 11 is 5.92. The lowest BCUT2D eigenvalue weighted by atomic mass is 10.0. The number of fused-ring (bicyclic) bond motifs is 1. The molecule has 150 valence electrons. The highest BCUT2D eigenvalue weighted by atomic mass is 35.5. The number of H-pyrrole nitrogens is 1. The molecule has 0 spiro atoms. The third kappa shape index (κ3) is 3.66. The van der Waals surface area contributed by atoms with Gasteiger partial charge < -0.3 is 19.9 Å². The molecule has 2 aromatic heterocycles. The molecule has 0 unspecified atom stereocenters. The van der Waals surface area contributed by atoms with Crippen LogP contribution in [0.15, 0.2) is 30.6 Å². The fourth-order valence-electron chi connectivity index (χ4n) is 3.12. The number of amides is 2. The standard InChI is InChI=1S/C19H15ClF2N4O3/c20-10-7-11-12(9-24-18(11)23-8-10)17(27)15-13(21)1-2-14(16(15)22)25-19(28)26-3-5-29-6-4-26/h1-2,7-9H,3-6H2,(H,23,24)(H,25,28). The van der Waals surface area contributed by atoms with Gasteiger partial charge in [-0.15, -0.1) is 0 Å². The number of ether oxygens (including phenoxy) is 1. The summed E-state index contributed by atoms with van der Waals surface area (Å²) in [7, 11) is 0. The second-order valence-corrected chi connectivity index (χ2v) is 6.83. The van der Waals surface area contributed by atoms with Gasteiger partial charge in [0.25, 0.3) is 0 Å². The van der Waals surface area contributed by atoms with Crippen LogP contribution < -0.4 is 5.32 Å². The smallest absolute Gasteiger partial charge is 0.322 e. The molecular formula is C19H15ClF2N4O3. The molecule has 0 atom stereocenters. The number of nitrogens with one attached hydrogen (secondary N) is 2. The first kappa shape index (κ1) is 19.3. The number of urea groups is 1. The number of rotatable bonds is 3. The van der Waals surface area contributed by atoms with Gasteiger partial charge in [-0.2, -0.15) is 0 Å². The van der Waals surface area contributed by atoms with E-state index in [1.165, 1.54) is 23.4 Å². The van der Waals surface area contributed by atoms with Crippen LogP contribution in [0.1, 0.15) is 15.9 Å². The Bertz CT molecular complexity index is 1110. The van der Waals surface area contributed by atoms with Gasteiger partial charge in [0.2, 0.25) is 5.78 Å². The number of pyridine rings is 1. The first-order chi connectivity index (χ1) is 14.0. The van der Waals surface area contributed by atoms with Gasteiger partial charge in [-0.3, -0.25) is 4.79 Å². The van der Waals surface area contributed by atoms with Crippen LogP contribution in [-0.2, 0) is 4.74 Å². The van der Waals surface area contributed by atoms with Crippen molar-refractivity contribution in [2.24, 2.45) is 0 Å². The van der Waals surface area contributed by atoms with Gasteiger partial charge in [0.15, 0.2) is 5.82 Å². The van der Waals surface area contributed by atoms with Crippen molar-refractivity contribution in [1.82, 2.24) is 14.9 Å². The van der Waals surface area contributed by atoms with Crippen LogP contribution in [-0.4, -0.2) is 53.0 Å². The first-order valence-corrected chi connectivity index (χ1v) is 9.12. The Morgan fingerprint density at radius 2 is 2.00 bits per heavy atom. The zero-order valence-electron chi connectivity index (χ0n) is 15.0. The Morgan fingerprint density at radius 3 is 2.76 bits per heavy atom. The number of aromatic amines is 1. The van der Waals surface area contributed by atoms with Gasteiger partial charge in [0, 0.05) is 36.4 Å². The highest BCUT2D eigenvalue weighted by molar-refractivity contribution is 6.31. The number of ketones is 1. The average molecular weight is 421 g/mol. The van der Waals surface area contributed by atoms with Crippen molar-refractivity contribution >= 4 is 40.1 Å². The lowest BCUT2D eigenvalue weighted by Gasteiger charge is -2.27. The van der Waals surface area contributed by atoms with Crippen molar-refractivity contribution in [1.29, 1.82) is 0 Å². The molecule has 2 amide bonds. The third-order valence-electron chi connectivity index (χ3n) is 4.60. The van der Waals surface area contributed by atoms with Crippen molar-refractivity contribution in [3.63, 3.8) is 0 Å². The Labute approximate surface area is 168 Å². The maximum atomic E-state index is 15.0. The number of carbonyl (C=O) groups is 2. The Hall–Kier alpha value is -3.04. The van der Waals surface area contributed by atoms with Crippen molar-refractivity contribution in [2.45, 2.75) is 0 Å². The van der Waals surface area contributed by atoms with Gasteiger partial charge in [-0.1, -0.05) is 11.6 Å². The summed E-state index contributed by atoms with van der Waals surface area (Å²) in [5, 5.41) is 3.00. The molecule has 29 heavy (non-hydrogen) atoms. The zero-order chi connectivity index (χ0) is 20.5. The summed E-state index contributed by atoms with van der Waals surface area (Å²) in [5.41, 5.74) is -0.687. The van der Waals surface area contributed by atoms with Crippen molar-refractivity contribution in [3.05, 3.63) is 58.4 Å². The number of aromatic nitrogens is 2. The normalized spacial score (nSPS) is 14.2. The summed E-state index contributed by atoms with van der Waals surface area (Å²) < 4.78 is 34.6. The van der Waals surface area contributed by atoms with Crippen LogP contribution in [0.4, 0.5) is 19.3 Å². The van der Waals surface area contributed by atoms with Gasteiger partial charge in [0.05, 0.1) is 29.5 Å². The molecule has 0 saturated carbocycles. The van der Waals surface area contributed by atoms with Gasteiger partial charge >= 0.3 is 6.03 Å². The fourth-order valence-corrected chi connectivity index (χ4v) is 3.28. The highest BCUT2D eigenvalue weighted by Gasteiger charge is 2.26. The van der Waals surface area contributed by atoms with Crippen molar-refractivity contribution in [3.8, 4) is 0 Å². The largest absolute Gasteiger partial charge is 0.378 e. The molecule has 0 aliphatic carbocycles. The lowest BCUT2D eigenvalue weighted by molar-refractivity contribution is 0.0564. The number of carbonyl (C=O) groups excluding carboxylic acids is 2. The van der Waals surface area contributed by atoms with Crippen LogP contribution in [0, 0.1) is 11.6 Å². The summed E-state index contributed by atoms with van der Waals surface area (Å²) in [4.78, 5) is 33.5. The third-order valence-corrected chi connectivity index (χ3v) is 4.81. The fraction of sp³-hybridized carbons (Fsp3) is 0.211. The number of benzene rings is 1. The SMILES string of the molecule is O=C(c1c(F)ccc(NC(=O)N2CCOCC2)c1F)c1c[nH]c2ncc(Cl)cc12. The van der Waals surface area contributed by atoms with Crippen LogP contribution in [0.2, 0.25) is 5.02 Å². The van der Waals surface area contributed by atoms with E-state index in [1.807, 2.05) is 0 Å². The van der Waals surface area contributed by atoms with E-state index in [9.17, 15) is 14.0 Å². The van der Waals surface area contributed by atoms with E-state index in [4.69, 9.17) is 16.3 Å². The Kier molecular flexibility index (Phi) is 5.16. The van der Waals surface area contributed by atoms with Crippen LogP contribution in [0.3, 0.4) is 0 Å². The molecule has 1 aliphatic rings. The minimum absolute atomic E-state index is 0.0180. The molecule has 0 bridgehead atoms. The van der Waals surface area contributed by atoms with Gasteiger partial charge in [-0.25, -0.2) is 18.6 Å². The predicted molar refractivity (Wildman–Crippen MR) is 102 cm³/mol. The monoisotopic (exact) mass is 420 g/mol. The second-order valence-electron chi connectivity index (χ2n) is 6.39. The lowest BCUT2D eigenvalue weighted by Crippen LogP contribution is -2.43. The minimum Gasteiger partial charge on any atom is -0.378 e. The number of morpholine rings is 1. The molecule has 3 heterocycles. The molecule has 1 aliphatic heterocycles. The molecule has 4 rings (SSSR count). The average Bonchev–Trinajstić information content (AvgIpc) is 3.13. The number of anilines is 1. The van der Waals surface area contributed by atoms with Crippen LogP contribution in [0.25, 0.3) is 11.0 Å². The topological polar surface area (TPSA) is 87.3 Å². The van der Waals surface area contributed by atoms with Crippen LogP contribution in [0.5, 0.6) is 0 Å². The summed E-state index contributed by atoms with van der Waals surface area (Å²) in [6.45, 7) is 1.45. The van der Waals surface area contributed by atoms with E-state index in [0.717, 1.165) is 12.1 Å². The number of hydrogen-bond donors (Lipinski definition) is 2. The maximum Gasteiger partial charge on any atom is 0.322 e. The van der Waals surface area contributed by atoms with Gasteiger partial charge in [-0.05, 0) is 18.2 Å².